The summed E-state index contributed by atoms with van der Waals surface area (Å²) in [4.78, 5) is 6.45. The second kappa shape index (κ2) is 13.5. The Morgan fingerprint density at radius 2 is 1.81 bits per heavy atom. The molecule has 0 spiro atoms. The first-order chi connectivity index (χ1) is 14.2. The Labute approximate surface area is 201 Å². The zero-order valence-corrected chi connectivity index (χ0v) is 21.5. The summed E-state index contributed by atoms with van der Waals surface area (Å²) in [5, 5.41) is 3.17. The van der Waals surface area contributed by atoms with Crippen molar-refractivity contribution in [2.75, 3.05) is 51.6 Å². The molecule has 1 N–H and O–H groups in total. The predicted octanol–water partition coefficient (Wildman–Crippen LogP) is 2.46. The van der Waals surface area contributed by atoms with Crippen LogP contribution in [0.1, 0.15) is 26.3 Å². The number of benzene rings is 1. The molecule has 0 atom stereocenters. The minimum absolute atomic E-state index is 0. The molecule has 1 heterocycles. The summed E-state index contributed by atoms with van der Waals surface area (Å²) in [5.74, 6) is -0.562. The molecule has 0 saturated carbocycles. The van der Waals surface area contributed by atoms with E-state index in [9.17, 15) is 17.2 Å². The average molecular weight is 574 g/mol. The highest BCUT2D eigenvalue weighted by Crippen LogP contribution is 2.13. The third kappa shape index (κ3) is 8.78. The third-order valence-electron chi connectivity index (χ3n) is 4.74. The van der Waals surface area contributed by atoms with Crippen molar-refractivity contribution in [1.82, 2.24) is 14.5 Å². The molecule has 0 aromatic heterocycles. The lowest BCUT2D eigenvalue weighted by atomic mass is 10.1. The standard InChI is InChI=1S/C20H32F2N4O3S.HI/c1-4-23-20(24-9-8-17-18(21)6-5-7-19(17)22)25-10-12-26(13-11-25)30(27,28)15-14-29-16(2)3;/h5-7,16H,4,8-15H2,1-3H3,(H,23,24);1H. The Morgan fingerprint density at radius 3 is 2.35 bits per heavy atom. The van der Waals surface area contributed by atoms with E-state index in [1.54, 1.807) is 0 Å². The van der Waals surface area contributed by atoms with Gasteiger partial charge in [-0.05, 0) is 39.3 Å². The zero-order chi connectivity index (χ0) is 22.1. The van der Waals surface area contributed by atoms with Crippen LogP contribution < -0.4 is 5.32 Å². The lowest BCUT2D eigenvalue weighted by Crippen LogP contribution is -2.54. The third-order valence-corrected chi connectivity index (χ3v) is 6.58. The van der Waals surface area contributed by atoms with E-state index in [0.29, 0.717) is 38.7 Å². The van der Waals surface area contributed by atoms with Crippen LogP contribution in [-0.4, -0.2) is 81.3 Å². The number of nitrogens with one attached hydrogen (secondary N) is 1. The van der Waals surface area contributed by atoms with Gasteiger partial charge in [-0.3, -0.25) is 4.99 Å². The highest BCUT2D eigenvalue weighted by atomic mass is 127. The number of ether oxygens (including phenoxy) is 1. The number of sulfonamides is 1. The minimum Gasteiger partial charge on any atom is -0.378 e. The summed E-state index contributed by atoms with van der Waals surface area (Å²) >= 11 is 0. The van der Waals surface area contributed by atoms with Crippen LogP contribution in [0.5, 0.6) is 0 Å². The minimum atomic E-state index is -3.36. The van der Waals surface area contributed by atoms with Gasteiger partial charge in [-0.25, -0.2) is 17.2 Å². The van der Waals surface area contributed by atoms with Gasteiger partial charge in [0.2, 0.25) is 10.0 Å². The van der Waals surface area contributed by atoms with Gasteiger partial charge in [-0.15, -0.1) is 24.0 Å². The number of aliphatic imine (C=N–C) groups is 1. The van der Waals surface area contributed by atoms with Crippen molar-refractivity contribution in [1.29, 1.82) is 0 Å². The van der Waals surface area contributed by atoms with Crippen LogP contribution >= 0.6 is 24.0 Å². The largest absolute Gasteiger partial charge is 0.378 e. The molecule has 0 unspecified atom stereocenters. The fourth-order valence-corrected chi connectivity index (χ4v) is 4.45. The highest BCUT2D eigenvalue weighted by Gasteiger charge is 2.28. The SMILES string of the molecule is CCNC(=NCCc1c(F)cccc1F)N1CCN(S(=O)(=O)CCOC(C)C)CC1.I. The molecule has 0 bridgehead atoms. The van der Waals surface area contributed by atoms with E-state index in [2.05, 4.69) is 10.3 Å². The molecule has 31 heavy (non-hydrogen) atoms. The summed E-state index contributed by atoms with van der Waals surface area (Å²) in [7, 11) is -3.36. The summed E-state index contributed by atoms with van der Waals surface area (Å²) in [5.41, 5.74) is 0.0247. The molecule has 0 aliphatic carbocycles. The van der Waals surface area contributed by atoms with E-state index >= 15 is 0 Å². The van der Waals surface area contributed by atoms with E-state index in [1.165, 1.54) is 22.5 Å². The average Bonchev–Trinajstić information content (AvgIpc) is 2.69. The number of nitrogens with zero attached hydrogens (tertiary/aromatic N) is 3. The molecule has 0 amide bonds. The van der Waals surface area contributed by atoms with Crippen molar-refractivity contribution in [3.05, 3.63) is 35.4 Å². The molecule has 1 saturated heterocycles. The lowest BCUT2D eigenvalue weighted by Gasteiger charge is -2.36. The molecule has 178 valence electrons. The molecule has 7 nitrogen and oxygen atoms in total. The molecule has 2 rings (SSSR count). The van der Waals surface area contributed by atoms with Crippen molar-refractivity contribution >= 4 is 40.0 Å². The van der Waals surface area contributed by atoms with Crippen LogP contribution in [0.25, 0.3) is 0 Å². The van der Waals surface area contributed by atoms with Crippen molar-refractivity contribution < 1.29 is 21.9 Å². The van der Waals surface area contributed by atoms with Crippen LogP contribution in [0.15, 0.2) is 23.2 Å². The van der Waals surface area contributed by atoms with Crippen LogP contribution in [0.3, 0.4) is 0 Å². The topological polar surface area (TPSA) is 74.2 Å². The van der Waals surface area contributed by atoms with Gasteiger partial charge in [0.15, 0.2) is 5.96 Å². The Balaban J connectivity index is 0.00000480. The van der Waals surface area contributed by atoms with Gasteiger partial charge in [-0.2, -0.15) is 4.31 Å². The Bertz CT molecular complexity index is 796. The van der Waals surface area contributed by atoms with Crippen LogP contribution in [0.2, 0.25) is 0 Å². The number of hydrogen-bond acceptors (Lipinski definition) is 4. The fourth-order valence-electron chi connectivity index (χ4n) is 3.17. The molecule has 1 aromatic carbocycles. The summed E-state index contributed by atoms with van der Waals surface area (Å²) < 4.78 is 59.3. The maximum Gasteiger partial charge on any atom is 0.216 e. The summed E-state index contributed by atoms with van der Waals surface area (Å²) in [6.07, 6.45) is 0.145. The van der Waals surface area contributed by atoms with Gasteiger partial charge < -0.3 is 15.0 Å². The number of rotatable bonds is 9. The van der Waals surface area contributed by atoms with Crippen molar-refractivity contribution in [2.45, 2.75) is 33.3 Å². The van der Waals surface area contributed by atoms with Crippen molar-refractivity contribution in [2.24, 2.45) is 4.99 Å². The molecule has 11 heteroatoms. The molecule has 1 aromatic rings. The van der Waals surface area contributed by atoms with Gasteiger partial charge in [0.25, 0.3) is 0 Å². The van der Waals surface area contributed by atoms with E-state index in [-0.39, 0.29) is 61.0 Å². The Kier molecular flexibility index (Phi) is 12.2. The molecule has 1 aliphatic rings. The van der Waals surface area contributed by atoms with E-state index in [0.717, 1.165) is 0 Å². The number of piperazine rings is 1. The van der Waals surface area contributed by atoms with Gasteiger partial charge in [0.1, 0.15) is 11.6 Å². The van der Waals surface area contributed by atoms with E-state index in [4.69, 9.17) is 4.74 Å². The predicted molar refractivity (Wildman–Crippen MR) is 129 cm³/mol. The maximum absolute atomic E-state index is 13.8. The quantitative estimate of drug-likeness (QED) is 0.279. The van der Waals surface area contributed by atoms with E-state index < -0.39 is 21.7 Å². The van der Waals surface area contributed by atoms with E-state index in [1.807, 2.05) is 25.7 Å². The molecule has 0 radical (unpaired) electrons. The monoisotopic (exact) mass is 574 g/mol. The van der Waals surface area contributed by atoms with Crippen LogP contribution in [-0.2, 0) is 21.2 Å². The van der Waals surface area contributed by atoms with Gasteiger partial charge in [-0.1, -0.05) is 6.07 Å². The molecule has 1 aliphatic heterocycles. The zero-order valence-electron chi connectivity index (χ0n) is 18.3. The number of hydrogen-bond donors (Lipinski definition) is 1. The summed E-state index contributed by atoms with van der Waals surface area (Å²) in [6.45, 7) is 8.41. The second-order valence-electron chi connectivity index (χ2n) is 7.31. The first-order valence-electron chi connectivity index (χ1n) is 10.3. The highest BCUT2D eigenvalue weighted by molar-refractivity contribution is 14.0. The second-order valence-corrected chi connectivity index (χ2v) is 9.40. The van der Waals surface area contributed by atoms with Gasteiger partial charge in [0.05, 0.1) is 18.5 Å². The normalized spacial score (nSPS) is 15.8. The number of guanidine groups is 1. The fraction of sp³-hybridized carbons (Fsp3) is 0.650. The van der Waals surface area contributed by atoms with Gasteiger partial charge >= 0.3 is 0 Å². The maximum atomic E-state index is 13.8. The Morgan fingerprint density at radius 1 is 1.19 bits per heavy atom. The van der Waals surface area contributed by atoms with Crippen LogP contribution in [0.4, 0.5) is 8.78 Å². The van der Waals surface area contributed by atoms with Gasteiger partial charge in [0, 0.05) is 44.8 Å². The smallest absolute Gasteiger partial charge is 0.216 e. The van der Waals surface area contributed by atoms with Crippen LogP contribution in [0, 0.1) is 11.6 Å². The first kappa shape index (κ1) is 28.0. The molecular formula is C20H33F2IN4O3S. The first-order valence-corrected chi connectivity index (χ1v) is 11.9. The molecular weight excluding hydrogens is 541 g/mol. The lowest BCUT2D eigenvalue weighted by molar-refractivity contribution is 0.0904. The number of halogens is 3. The summed E-state index contributed by atoms with van der Waals surface area (Å²) in [6, 6.07) is 3.81. The Hall–Kier alpha value is -1.05. The molecule has 1 fully saturated rings. The van der Waals surface area contributed by atoms with Crippen molar-refractivity contribution in [3.63, 3.8) is 0 Å². The van der Waals surface area contributed by atoms with Crippen molar-refractivity contribution in [3.8, 4) is 0 Å².